The molecule has 6 heteroatoms. The molecule has 0 atom stereocenters. The van der Waals surface area contributed by atoms with Crippen LogP contribution >= 0.6 is 0 Å². The van der Waals surface area contributed by atoms with Crippen molar-refractivity contribution in [3.63, 3.8) is 0 Å². The summed E-state index contributed by atoms with van der Waals surface area (Å²) in [4.78, 5) is 16.4. The molecule has 0 aliphatic rings. The van der Waals surface area contributed by atoms with E-state index in [4.69, 9.17) is 19.4 Å². The molecule has 0 spiro atoms. The van der Waals surface area contributed by atoms with Gasteiger partial charge in [-0.2, -0.15) is 0 Å². The Balaban J connectivity index is 0.956. The number of furan rings is 1. The minimum atomic E-state index is 0.550. The molecule has 16 rings (SSSR count). The smallest absolute Gasteiger partial charge is 0.164 e. The van der Waals surface area contributed by atoms with E-state index in [0.29, 0.717) is 17.5 Å². The van der Waals surface area contributed by atoms with Crippen LogP contribution in [0.4, 0.5) is 0 Å². The van der Waals surface area contributed by atoms with Crippen molar-refractivity contribution in [1.29, 1.82) is 0 Å². The highest BCUT2D eigenvalue weighted by Gasteiger charge is 2.26. The Morgan fingerprint density at radius 2 is 0.793 bits per heavy atom. The molecule has 6 nitrogen and oxygen atoms in total. The van der Waals surface area contributed by atoms with Gasteiger partial charge in [-0.25, -0.2) is 15.0 Å². The summed E-state index contributed by atoms with van der Waals surface area (Å²) in [7, 11) is 0. The predicted octanol–water partition coefficient (Wildman–Crippen LogP) is 21.5. The first-order valence-electron chi connectivity index (χ1n) is 29.3. The summed E-state index contributed by atoms with van der Waals surface area (Å²) in [5.74, 6) is 1.69. The molecule has 0 unspecified atom stereocenters. The molecule has 0 saturated carbocycles. The van der Waals surface area contributed by atoms with Crippen molar-refractivity contribution in [3.05, 3.63) is 310 Å². The summed E-state index contributed by atoms with van der Waals surface area (Å²) >= 11 is 0. The van der Waals surface area contributed by atoms with Gasteiger partial charge in [0.15, 0.2) is 17.5 Å². The van der Waals surface area contributed by atoms with Crippen molar-refractivity contribution in [2.24, 2.45) is 0 Å². The number of hydrogen-bond donors (Lipinski definition) is 0. The first-order chi connectivity index (χ1) is 43.0. The molecule has 0 fully saturated rings. The molecule has 16 aromatic rings. The summed E-state index contributed by atoms with van der Waals surface area (Å²) in [5.41, 5.74) is 21.1. The number of aromatic nitrogens is 5. The lowest BCUT2D eigenvalue weighted by Crippen LogP contribution is -2.04. The van der Waals surface area contributed by atoms with Gasteiger partial charge in [0.25, 0.3) is 0 Å². The van der Waals surface area contributed by atoms with Gasteiger partial charge < -0.3 is 13.6 Å². The van der Waals surface area contributed by atoms with Crippen LogP contribution in [-0.4, -0.2) is 24.1 Å². The van der Waals surface area contributed by atoms with E-state index in [0.717, 1.165) is 149 Å². The third kappa shape index (κ3) is 8.77. The molecular weight excluding hydrogens is 1060 g/mol. The normalized spacial score (nSPS) is 11.8. The fraction of sp³-hybridized carbons (Fsp3) is 0. The third-order valence-corrected chi connectivity index (χ3v) is 16.9. The van der Waals surface area contributed by atoms with Crippen LogP contribution in [0, 0.1) is 0 Å². The van der Waals surface area contributed by atoms with Gasteiger partial charge in [-0.15, -0.1) is 0 Å². The minimum absolute atomic E-state index is 0.550. The number of nitrogens with zero attached hydrogens (tertiary/aromatic N) is 5. The van der Waals surface area contributed by atoms with Crippen molar-refractivity contribution in [2.75, 3.05) is 0 Å². The fourth-order valence-electron chi connectivity index (χ4n) is 12.9. The fourth-order valence-corrected chi connectivity index (χ4v) is 12.9. The lowest BCUT2D eigenvalue weighted by atomic mass is 9.92. The zero-order valence-electron chi connectivity index (χ0n) is 47.3. The Morgan fingerprint density at radius 1 is 0.333 bits per heavy atom. The molecule has 4 aromatic heterocycles. The van der Waals surface area contributed by atoms with Crippen LogP contribution in [-0.2, 0) is 0 Å². The SMILES string of the molecule is C=C/C=C(\C=C)n1c2ccccc2c2cc3oc4c(ccc5c4c4ccccc4n5-c4c(-c5ccccc5)cc(-c5nc(-c6ccc(-c7ccccc7)cc6)nc(-c6cc(-c7ccccc7)cc(-c7ccccc7)c6)n5)cc4-c4ccccc4)c3cc21. The first-order valence-corrected chi connectivity index (χ1v) is 29.3. The van der Waals surface area contributed by atoms with E-state index in [2.05, 4.69) is 295 Å². The average molecular weight is 1110 g/mol. The van der Waals surface area contributed by atoms with Crippen molar-refractivity contribution in [3.8, 4) is 95.5 Å². The molecule has 0 aliphatic heterocycles. The quantitative estimate of drug-likeness (QED) is 0.114. The Hall–Kier alpha value is -11.7. The van der Waals surface area contributed by atoms with E-state index in [9.17, 15) is 0 Å². The highest BCUT2D eigenvalue weighted by molar-refractivity contribution is 6.26. The molecule has 0 radical (unpaired) electrons. The number of fused-ring (bicyclic) bond motifs is 10. The zero-order valence-corrected chi connectivity index (χ0v) is 47.3. The Kier molecular flexibility index (Phi) is 12.4. The number of rotatable bonds is 12. The second kappa shape index (κ2) is 21.2. The lowest BCUT2D eigenvalue weighted by Gasteiger charge is -2.21. The molecule has 0 bridgehead atoms. The van der Waals surface area contributed by atoms with Gasteiger partial charge in [-0.3, -0.25) is 0 Å². The second-order valence-corrected chi connectivity index (χ2v) is 22.0. The standard InChI is InChI=1S/C81H53N5O/c1-3-24-63(4-2)85-71-37-22-20-35-64(71)69-51-75-70(50-74(69)85)65-43-44-73-76(78(65)87-75)66-36-21-23-38-72(66)86(73)77-67(56-31-16-8-17-32-56)48-62(49-68(77)57-33-18-9-19-34-57)81-83-79(58-41-39-55(40-42-58)52-25-10-5-11-26-52)82-80(84-81)61-46-59(53-27-12-6-13-28-53)45-60(47-61)54-29-14-7-15-30-54/h3-51H,1-2H2/b63-24+. The van der Waals surface area contributed by atoms with Gasteiger partial charge in [0.05, 0.1) is 33.1 Å². The maximum absolute atomic E-state index is 7.22. The van der Waals surface area contributed by atoms with Gasteiger partial charge >= 0.3 is 0 Å². The van der Waals surface area contributed by atoms with Crippen molar-refractivity contribution < 1.29 is 4.42 Å². The van der Waals surface area contributed by atoms with E-state index in [-0.39, 0.29) is 0 Å². The molecule has 0 amide bonds. The Bertz CT molecular complexity index is 5270. The molecule has 12 aromatic carbocycles. The molecule has 408 valence electrons. The van der Waals surface area contributed by atoms with Crippen LogP contribution in [0.15, 0.2) is 315 Å². The van der Waals surface area contributed by atoms with Gasteiger partial charge in [0, 0.05) is 60.4 Å². The number of allylic oxidation sites excluding steroid dienone is 4. The van der Waals surface area contributed by atoms with Gasteiger partial charge in [0.2, 0.25) is 0 Å². The molecular formula is C81H53N5O. The average Bonchev–Trinajstić information content (AvgIpc) is 1.61. The van der Waals surface area contributed by atoms with Gasteiger partial charge in [-0.05, 0) is 123 Å². The third-order valence-electron chi connectivity index (χ3n) is 16.9. The summed E-state index contributed by atoms with van der Waals surface area (Å²) in [6.45, 7) is 8.25. The van der Waals surface area contributed by atoms with Crippen LogP contribution in [0.2, 0.25) is 0 Å². The van der Waals surface area contributed by atoms with E-state index in [1.807, 2.05) is 24.3 Å². The maximum Gasteiger partial charge on any atom is 0.164 e. The number of para-hydroxylation sites is 2. The van der Waals surface area contributed by atoms with E-state index >= 15 is 0 Å². The van der Waals surface area contributed by atoms with Crippen LogP contribution in [0.25, 0.3) is 167 Å². The Morgan fingerprint density at radius 3 is 1.36 bits per heavy atom. The maximum atomic E-state index is 7.22. The topological polar surface area (TPSA) is 61.7 Å². The lowest BCUT2D eigenvalue weighted by molar-refractivity contribution is 0.673. The van der Waals surface area contributed by atoms with Crippen molar-refractivity contribution in [2.45, 2.75) is 0 Å². The van der Waals surface area contributed by atoms with E-state index in [1.54, 1.807) is 0 Å². The zero-order chi connectivity index (χ0) is 58.0. The van der Waals surface area contributed by atoms with Crippen LogP contribution in [0.5, 0.6) is 0 Å². The predicted molar refractivity (Wildman–Crippen MR) is 363 cm³/mol. The van der Waals surface area contributed by atoms with Crippen molar-refractivity contribution in [1.82, 2.24) is 24.1 Å². The molecule has 87 heavy (non-hydrogen) atoms. The highest BCUT2D eigenvalue weighted by atomic mass is 16.3. The molecule has 0 aliphatic carbocycles. The molecule has 4 heterocycles. The number of benzene rings is 12. The highest BCUT2D eigenvalue weighted by Crippen LogP contribution is 2.48. The van der Waals surface area contributed by atoms with Crippen molar-refractivity contribution >= 4 is 71.2 Å². The Labute approximate surface area is 502 Å². The summed E-state index contributed by atoms with van der Waals surface area (Å²) in [6, 6.07) is 98.9. The number of hydrogen-bond acceptors (Lipinski definition) is 4. The summed E-state index contributed by atoms with van der Waals surface area (Å²) in [5, 5.41) is 6.43. The molecule has 0 saturated heterocycles. The minimum Gasteiger partial charge on any atom is -0.455 e. The summed E-state index contributed by atoms with van der Waals surface area (Å²) < 4.78 is 11.9. The van der Waals surface area contributed by atoms with Gasteiger partial charge in [0.1, 0.15) is 11.2 Å². The largest absolute Gasteiger partial charge is 0.455 e. The first kappa shape index (κ1) is 51.0. The second-order valence-electron chi connectivity index (χ2n) is 22.0. The van der Waals surface area contributed by atoms with Crippen LogP contribution in [0.3, 0.4) is 0 Å². The monoisotopic (exact) mass is 1110 g/mol. The summed E-state index contributed by atoms with van der Waals surface area (Å²) in [6.07, 6.45) is 5.71. The van der Waals surface area contributed by atoms with E-state index in [1.165, 1.54) is 0 Å². The van der Waals surface area contributed by atoms with Crippen LogP contribution in [0.1, 0.15) is 0 Å². The van der Waals surface area contributed by atoms with Crippen LogP contribution < -0.4 is 0 Å². The van der Waals surface area contributed by atoms with E-state index < -0.39 is 0 Å². The molecule has 0 N–H and O–H groups in total. The van der Waals surface area contributed by atoms with Gasteiger partial charge in [-0.1, -0.05) is 232 Å².